The number of aromatic nitrogens is 2. The fraction of sp³-hybridized carbons (Fsp3) is 0.467. The summed E-state index contributed by atoms with van der Waals surface area (Å²) in [4.78, 5) is 18.6. The van der Waals surface area contributed by atoms with Gasteiger partial charge in [-0.15, -0.1) is 0 Å². The average Bonchev–Trinajstić information content (AvgIpc) is 2.53. The van der Waals surface area contributed by atoms with Gasteiger partial charge >= 0.3 is 0 Å². The Balaban J connectivity index is 1.54. The van der Waals surface area contributed by atoms with Gasteiger partial charge in [0, 0.05) is 25.8 Å². The van der Waals surface area contributed by atoms with Gasteiger partial charge in [-0.25, -0.2) is 0 Å². The Morgan fingerprint density at radius 3 is 3.00 bits per heavy atom. The van der Waals surface area contributed by atoms with Crippen LogP contribution in [-0.2, 0) is 4.74 Å². The van der Waals surface area contributed by atoms with E-state index >= 15 is 0 Å². The summed E-state index contributed by atoms with van der Waals surface area (Å²) < 4.78 is 12.4. The van der Waals surface area contributed by atoms with Crippen LogP contribution in [-0.4, -0.2) is 53.7 Å². The molecule has 3 rings (SSSR count). The van der Waals surface area contributed by atoms with E-state index in [4.69, 9.17) is 9.47 Å². The third-order valence-corrected chi connectivity index (χ3v) is 3.52. The van der Waals surface area contributed by atoms with Crippen molar-refractivity contribution in [2.24, 2.45) is 0 Å². The van der Waals surface area contributed by atoms with Crippen LogP contribution in [0.2, 0.25) is 0 Å². The highest BCUT2D eigenvalue weighted by Gasteiger charge is 2.09. The molecule has 6 nitrogen and oxygen atoms in total. The maximum atomic E-state index is 11.9. The Hall–Kier alpha value is -1.92. The molecule has 3 heterocycles. The minimum atomic E-state index is -0.122. The lowest BCUT2D eigenvalue weighted by atomic mass is 10.3. The van der Waals surface area contributed by atoms with Crippen molar-refractivity contribution in [3.63, 3.8) is 0 Å². The van der Waals surface area contributed by atoms with E-state index in [1.807, 2.05) is 6.07 Å². The molecule has 0 aromatic carbocycles. The summed E-state index contributed by atoms with van der Waals surface area (Å²) in [5, 5.41) is 0. The van der Waals surface area contributed by atoms with Crippen molar-refractivity contribution in [3.8, 4) is 5.88 Å². The normalized spacial score (nSPS) is 16.2. The molecule has 0 N–H and O–H groups in total. The standard InChI is InChI=1S/C15H19N3O3/c19-15-12-14(16-13-4-1-2-6-18(13)15)21-9-3-5-17-7-10-20-11-8-17/h1-2,4,6,12H,3,5,7-11H2. The highest BCUT2D eigenvalue weighted by Crippen LogP contribution is 2.06. The lowest BCUT2D eigenvalue weighted by Crippen LogP contribution is -2.37. The Labute approximate surface area is 122 Å². The second-order valence-corrected chi connectivity index (χ2v) is 5.02. The van der Waals surface area contributed by atoms with Crippen molar-refractivity contribution in [3.05, 3.63) is 40.8 Å². The molecule has 1 aliphatic heterocycles. The highest BCUT2D eigenvalue weighted by atomic mass is 16.5. The van der Waals surface area contributed by atoms with E-state index in [2.05, 4.69) is 9.88 Å². The number of nitrogens with zero attached hydrogens (tertiary/aromatic N) is 3. The number of ether oxygens (including phenoxy) is 2. The van der Waals surface area contributed by atoms with Gasteiger partial charge < -0.3 is 9.47 Å². The molecular formula is C15H19N3O3. The molecule has 1 aliphatic rings. The summed E-state index contributed by atoms with van der Waals surface area (Å²) in [6, 6.07) is 6.88. The van der Waals surface area contributed by atoms with E-state index in [1.165, 1.54) is 10.5 Å². The summed E-state index contributed by atoms with van der Waals surface area (Å²) in [6.45, 7) is 5.13. The summed E-state index contributed by atoms with van der Waals surface area (Å²) in [5.74, 6) is 0.396. The van der Waals surface area contributed by atoms with Gasteiger partial charge in [-0.2, -0.15) is 4.98 Å². The zero-order chi connectivity index (χ0) is 14.5. The third-order valence-electron chi connectivity index (χ3n) is 3.52. The smallest absolute Gasteiger partial charge is 0.261 e. The van der Waals surface area contributed by atoms with Gasteiger partial charge in [-0.3, -0.25) is 14.1 Å². The van der Waals surface area contributed by atoms with E-state index in [9.17, 15) is 4.79 Å². The minimum Gasteiger partial charge on any atom is -0.477 e. The molecule has 0 saturated carbocycles. The molecule has 1 saturated heterocycles. The van der Waals surface area contributed by atoms with Gasteiger partial charge in [0.25, 0.3) is 5.56 Å². The van der Waals surface area contributed by atoms with Crippen LogP contribution in [0.15, 0.2) is 35.3 Å². The first-order valence-electron chi connectivity index (χ1n) is 7.24. The van der Waals surface area contributed by atoms with E-state index in [1.54, 1.807) is 18.3 Å². The van der Waals surface area contributed by atoms with Crippen LogP contribution in [0.3, 0.4) is 0 Å². The van der Waals surface area contributed by atoms with Gasteiger partial charge in [-0.1, -0.05) is 6.07 Å². The predicted octanol–water partition coefficient (Wildman–Crippen LogP) is 0.796. The molecule has 0 aliphatic carbocycles. The Bertz CT molecular complexity index is 650. The molecule has 0 bridgehead atoms. The number of hydrogen-bond donors (Lipinski definition) is 0. The molecule has 0 spiro atoms. The molecule has 1 fully saturated rings. The fourth-order valence-corrected chi connectivity index (χ4v) is 2.40. The second kappa shape index (κ2) is 6.69. The fourth-order valence-electron chi connectivity index (χ4n) is 2.40. The SMILES string of the molecule is O=c1cc(OCCCN2CCOCC2)nc2ccccn12. The summed E-state index contributed by atoms with van der Waals surface area (Å²) in [7, 11) is 0. The summed E-state index contributed by atoms with van der Waals surface area (Å²) >= 11 is 0. The van der Waals surface area contributed by atoms with E-state index in [-0.39, 0.29) is 5.56 Å². The summed E-state index contributed by atoms with van der Waals surface area (Å²) in [5.41, 5.74) is 0.483. The van der Waals surface area contributed by atoms with E-state index in [0.29, 0.717) is 18.1 Å². The average molecular weight is 289 g/mol. The molecular weight excluding hydrogens is 270 g/mol. The van der Waals surface area contributed by atoms with Crippen LogP contribution < -0.4 is 10.3 Å². The monoisotopic (exact) mass is 289 g/mol. The topological polar surface area (TPSA) is 56.1 Å². The number of morpholine rings is 1. The maximum Gasteiger partial charge on any atom is 0.261 e. The lowest BCUT2D eigenvalue weighted by molar-refractivity contribution is 0.0357. The molecule has 0 atom stereocenters. The minimum absolute atomic E-state index is 0.122. The van der Waals surface area contributed by atoms with Crippen LogP contribution in [0, 0.1) is 0 Å². The van der Waals surface area contributed by atoms with Crippen LogP contribution >= 0.6 is 0 Å². The van der Waals surface area contributed by atoms with Crippen molar-refractivity contribution in [1.82, 2.24) is 14.3 Å². The van der Waals surface area contributed by atoms with Gasteiger partial charge in [0.2, 0.25) is 5.88 Å². The summed E-state index contributed by atoms with van der Waals surface area (Å²) in [6.07, 6.45) is 2.61. The number of hydrogen-bond acceptors (Lipinski definition) is 5. The van der Waals surface area contributed by atoms with Crippen molar-refractivity contribution < 1.29 is 9.47 Å². The van der Waals surface area contributed by atoms with Gasteiger partial charge in [0.05, 0.1) is 25.9 Å². The Kier molecular flexibility index (Phi) is 4.47. The van der Waals surface area contributed by atoms with Crippen molar-refractivity contribution in [2.45, 2.75) is 6.42 Å². The van der Waals surface area contributed by atoms with E-state index in [0.717, 1.165) is 39.3 Å². The van der Waals surface area contributed by atoms with Crippen molar-refractivity contribution in [1.29, 1.82) is 0 Å². The molecule has 0 amide bonds. The second-order valence-electron chi connectivity index (χ2n) is 5.02. The first kappa shape index (κ1) is 14.0. The van der Waals surface area contributed by atoms with E-state index < -0.39 is 0 Å². The number of fused-ring (bicyclic) bond motifs is 1. The Morgan fingerprint density at radius 2 is 2.14 bits per heavy atom. The van der Waals surface area contributed by atoms with Gasteiger partial charge in [0.15, 0.2) is 0 Å². The number of pyridine rings is 1. The zero-order valence-electron chi connectivity index (χ0n) is 11.9. The van der Waals surface area contributed by atoms with Gasteiger partial charge in [-0.05, 0) is 18.6 Å². The van der Waals surface area contributed by atoms with Crippen LogP contribution in [0.4, 0.5) is 0 Å². The Morgan fingerprint density at radius 1 is 1.29 bits per heavy atom. The van der Waals surface area contributed by atoms with Crippen LogP contribution in [0.1, 0.15) is 6.42 Å². The van der Waals surface area contributed by atoms with Gasteiger partial charge in [0.1, 0.15) is 5.65 Å². The first-order chi connectivity index (χ1) is 10.3. The maximum absolute atomic E-state index is 11.9. The van der Waals surface area contributed by atoms with Crippen LogP contribution in [0.5, 0.6) is 5.88 Å². The predicted molar refractivity (Wildman–Crippen MR) is 78.8 cm³/mol. The zero-order valence-corrected chi connectivity index (χ0v) is 11.9. The molecule has 112 valence electrons. The number of rotatable bonds is 5. The van der Waals surface area contributed by atoms with Crippen LogP contribution in [0.25, 0.3) is 5.65 Å². The van der Waals surface area contributed by atoms with Crippen molar-refractivity contribution >= 4 is 5.65 Å². The molecule has 21 heavy (non-hydrogen) atoms. The quantitative estimate of drug-likeness (QED) is 0.762. The highest BCUT2D eigenvalue weighted by molar-refractivity contribution is 5.39. The van der Waals surface area contributed by atoms with Crippen molar-refractivity contribution in [2.75, 3.05) is 39.5 Å². The molecule has 2 aromatic rings. The molecule has 0 unspecified atom stereocenters. The molecule has 2 aromatic heterocycles. The first-order valence-corrected chi connectivity index (χ1v) is 7.24. The largest absolute Gasteiger partial charge is 0.477 e. The third kappa shape index (κ3) is 3.59. The lowest BCUT2D eigenvalue weighted by Gasteiger charge is -2.26. The molecule has 0 radical (unpaired) electrons. The molecule has 6 heteroatoms.